The second-order valence-electron chi connectivity index (χ2n) is 12.1. The summed E-state index contributed by atoms with van der Waals surface area (Å²) in [7, 11) is 0. The Labute approximate surface area is 270 Å². The smallest absolute Gasteiger partial charge is 0.477 e. The maximum Gasteiger partial charge on any atom is 0.491 e. The highest BCUT2D eigenvalue weighted by molar-refractivity contribution is 9.10. The van der Waals surface area contributed by atoms with Gasteiger partial charge in [0.15, 0.2) is 0 Å². The molecule has 4 rings (SSSR count). The summed E-state index contributed by atoms with van der Waals surface area (Å²) < 4.78 is 89.7. The third kappa shape index (κ3) is 9.94. The summed E-state index contributed by atoms with van der Waals surface area (Å²) in [6.07, 6.45) is -8.67. The van der Waals surface area contributed by atoms with Crippen LogP contribution in [-0.2, 0) is 45.5 Å². The van der Waals surface area contributed by atoms with Gasteiger partial charge in [-0.15, -0.1) is 0 Å². The molecule has 1 aliphatic heterocycles. The van der Waals surface area contributed by atoms with Gasteiger partial charge in [-0.25, -0.2) is 14.5 Å². The number of halogens is 7. The van der Waals surface area contributed by atoms with E-state index >= 15 is 0 Å². The van der Waals surface area contributed by atoms with Gasteiger partial charge in [0.05, 0.1) is 18.7 Å². The molecular weight excluding hydrogens is 686 g/mol. The van der Waals surface area contributed by atoms with Crippen LogP contribution in [0.2, 0.25) is 0 Å². The number of aryl methyl sites for hydroxylation is 1. The third-order valence-corrected chi connectivity index (χ3v) is 7.70. The largest absolute Gasteiger partial charge is 0.491 e. The first-order chi connectivity index (χ1) is 21.4. The maximum absolute atomic E-state index is 13.5. The average Bonchev–Trinajstić information content (AvgIpc) is 3.30. The van der Waals surface area contributed by atoms with E-state index in [-0.39, 0.29) is 30.0 Å². The number of ether oxygens (including phenoxy) is 2. The van der Waals surface area contributed by atoms with E-state index in [9.17, 15) is 35.9 Å². The van der Waals surface area contributed by atoms with Crippen LogP contribution in [0.4, 0.5) is 32.2 Å². The fraction of sp³-hybridized carbons (Fsp3) is 0.484. The predicted molar refractivity (Wildman–Crippen MR) is 160 cm³/mol. The van der Waals surface area contributed by atoms with Crippen LogP contribution in [0.25, 0.3) is 0 Å². The number of aromatic nitrogens is 3. The third-order valence-electron chi connectivity index (χ3n) is 7.25. The SMILES string of the molecule is CC(C)(C)c1cc(Br)cc(C(CC(=O)OC(=O)C(F)(F)F)Cc2cc(OCCc3ccc4c(n3)NCCC4)n(CC(F)(F)F)n2)c1. The molecule has 0 amide bonds. The number of hydrogen-bond donors (Lipinski definition) is 1. The molecule has 0 saturated heterocycles. The fourth-order valence-corrected chi connectivity index (χ4v) is 5.47. The highest BCUT2D eigenvalue weighted by atomic mass is 79.9. The molecule has 3 heterocycles. The lowest BCUT2D eigenvalue weighted by atomic mass is 9.83. The van der Waals surface area contributed by atoms with Crippen LogP contribution in [0.1, 0.15) is 67.6 Å². The van der Waals surface area contributed by atoms with E-state index < -0.39 is 43.2 Å². The molecule has 2 aromatic heterocycles. The molecule has 0 saturated carbocycles. The second kappa shape index (κ2) is 14.0. The topological polar surface area (TPSA) is 95.3 Å². The number of benzene rings is 1. The zero-order valence-corrected chi connectivity index (χ0v) is 26.9. The highest BCUT2D eigenvalue weighted by Crippen LogP contribution is 2.34. The van der Waals surface area contributed by atoms with E-state index in [0.29, 0.717) is 26.8 Å². The average molecular weight is 720 g/mol. The molecule has 0 spiro atoms. The van der Waals surface area contributed by atoms with Gasteiger partial charge in [-0.05, 0) is 65.5 Å². The van der Waals surface area contributed by atoms with E-state index in [1.54, 1.807) is 12.1 Å². The molecule has 250 valence electrons. The Balaban J connectivity index is 1.59. The van der Waals surface area contributed by atoms with E-state index in [1.165, 1.54) is 6.07 Å². The number of rotatable bonds is 10. The maximum atomic E-state index is 13.5. The summed E-state index contributed by atoms with van der Waals surface area (Å²) in [6, 6.07) is 10.3. The van der Waals surface area contributed by atoms with Crippen molar-refractivity contribution in [3.63, 3.8) is 0 Å². The molecule has 1 N–H and O–H groups in total. The summed E-state index contributed by atoms with van der Waals surface area (Å²) in [5.74, 6) is -4.42. The minimum absolute atomic E-state index is 0.00927. The number of esters is 2. The monoisotopic (exact) mass is 718 g/mol. The molecule has 8 nitrogen and oxygen atoms in total. The quantitative estimate of drug-likeness (QED) is 0.134. The lowest BCUT2D eigenvalue weighted by Crippen LogP contribution is -2.28. The van der Waals surface area contributed by atoms with Crippen LogP contribution in [0.15, 0.2) is 40.9 Å². The number of alkyl halides is 6. The molecule has 0 radical (unpaired) electrons. The number of carbonyl (C=O) groups excluding carboxylic acids is 2. The molecule has 15 heteroatoms. The molecule has 1 aliphatic rings. The number of carbonyl (C=O) groups is 2. The van der Waals surface area contributed by atoms with Crippen LogP contribution in [0, 0.1) is 0 Å². The first-order valence-electron chi connectivity index (χ1n) is 14.5. The van der Waals surface area contributed by atoms with Gasteiger partial charge >= 0.3 is 24.3 Å². The normalized spacial score (nSPS) is 14.3. The van der Waals surface area contributed by atoms with Crippen molar-refractivity contribution in [1.82, 2.24) is 14.8 Å². The fourth-order valence-electron chi connectivity index (χ4n) is 4.96. The summed E-state index contributed by atoms with van der Waals surface area (Å²) in [4.78, 5) is 28.4. The Kier molecular flexibility index (Phi) is 10.7. The molecule has 1 atom stereocenters. The number of anilines is 1. The Bertz CT molecular complexity index is 1570. The first kappa shape index (κ1) is 35.2. The van der Waals surface area contributed by atoms with Crippen molar-refractivity contribution in [2.45, 2.75) is 83.1 Å². The van der Waals surface area contributed by atoms with Crippen molar-refractivity contribution in [1.29, 1.82) is 0 Å². The predicted octanol–water partition coefficient (Wildman–Crippen LogP) is 7.23. The molecule has 1 unspecified atom stereocenters. The van der Waals surface area contributed by atoms with Crippen LogP contribution in [-0.4, -0.2) is 52.2 Å². The van der Waals surface area contributed by atoms with Crippen molar-refractivity contribution in [3.05, 3.63) is 68.9 Å². The summed E-state index contributed by atoms with van der Waals surface area (Å²) in [6.45, 7) is 5.13. The van der Waals surface area contributed by atoms with Gasteiger partial charge < -0.3 is 14.8 Å². The first-order valence-corrected chi connectivity index (χ1v) is 15.3. The van der Waals surface area contributed by atoms with Gasteiger partial charge in [0.1, 0.15) is 12.4 Å². The minimum Gasteiger partial charge on any atom is -0.477 e. The van der Waals surface area contributed by atoms with Crippen LogP contribution in [0.3, 0.4) is 0 Å². The van der Waals surface area contributed by atoms with Gasteiger partial charge in [-0.3, -0.25) is 4.79 Å². The Morgan fingerprint density at radius 2 is 1.78 bits per heavy atom. The number of hydrogen-bond acceptors (Lipinski definition) is 7. The zero-order valence-electron chi connectivity index (χ0n) is 25.3. The van der Waals surface area contributed by atoms with Crippen molar-refractivity contribution >= 4 is 33.7 Å². The Morgan fingerprint density at radius 1 is 1.04 bits per heavy atom. The molecule has 1 aromatic carbocycles. The molecule has 0 bridgehead atoms. The van der Waals surface area contributed by atoms with E-state index in [1.807, 2.05) is 39.0 Å². The Hall–Kier alpha value is -3.62. The Morgan fingerprint density at radius 3 is 2.46 bits per heavy atom. The standard InChI is InChI=1S/C31H33BrF6N4O4/c1-29(2,3)21-11-19(12-22(32)15-21)20(14-26(43)46-28(44)31(36,37)38)13-24-16-25(42(41-24)17-30(33,34)35)45-10-8-23-7-6-18-5-4-9-39-27(18)40-23/h6-7,11-12,15-16,20H,4-5,8-10,13-14,17H2,1-3H3,(H,39,40). The van der Waals surface area contributed by atoms with Crippen molar-refractivity contribution in [3.8, 4) is 5.88 Å². The van der Waals surface area contributed by atoms with Gasteiger partial charge in [0.25, 0.3) is 0 Å². The summed E-state index contributed by atoms with van der Waals surface area (Å²) in [5, 5.41) is 7.31. The highest BCUT2D eigenvalue weighted by Gasteiger charge is 2.42. The van der Waals surface area contributed by atoms with Crippen LogP contribution >= 0.6 is 15.9 Å². The van der Waals surface area contributed by atoms with Crippen molar-refractivity contribution in [2.24, 2.45) is 0 Å². The van der Waals surface area contributed by atoms with Gasteiger partial charge in [0.2, 0.25) is 5.88 Å². The van der Waals surface area contributed by atoms with Crippen LogP contribution in [0.5, 0.6) is 5.88 Å². The van der Waals surface area contributed by atoms with Crippen molar-refractivity contribution in [2.75, 3.05) is 18.5 Å². The van der Waals surface area contributed by atoms with Crippen molar-refractivity contribution < 1.29 is 45.4 Å². The number of fused-ring (bicyclic) bond motifs is 1. The molecular formula is C31H33BrF6N4O4. The zero-order chi connectivity index (χ0) is 33.9. The lowest BCUT2D eigenvalue weighted by molar-refractivity contribution is -0.202. The van der Waals surface area contributed by atoms with E-state index in [2.05, 4.69) is 36.1 Å². The summed E-state index contributed by atoms with van der Waals surface area (Å²) in [5.41, 5.74) is 2.80. The number of nitrogens with one attached hydrogen (secondary N) is 1. The number of pyridine rings is 1. The van der Waals surface area contributed by atoms with E-state index in [4.69, 9.17) is 4.74 Å². The number of nitrogens with zero attached hydrogens (tertiary/aromatic N) is 3. The second-order valence-corrected chi connectivity index (χ2v) is 13.0. The molecule has 0 fully saturated rings. The molecule has 0 aliphatic carbocycles. The lowest BCUT2D eigenvalue weighted by Gasteiger charge is -2.23. The van der Waals surface area contributed by atoms with Gasteiger partial charge in [-0.2, -0.15) is 31.4 Å². The van der Waals surface area contributed by atoms with Gasteiger partial charge in [-0.1, -0.05) is 48.8 Å². The summed E-state index contributed by atoms with van der Waals surface area (Å²) >= 11 is 3.42. The molecule has 46 heavy (non-hydrogen) atoms. The molecule has 3 aromatic rings. The van der Waals surface area contributed by atoms with E-state index in [0.717, 1.165) is 36.3 Å². The van der Waals surface area contributed by atoms with Crippen LogP contribution < -0.4 is 10.1 Å². The van der Waals surface area contributed by atoms with Gasteiger partial charge in [0, 0.05) is 29.2 Å². The minimum atomic E-state index is -5.38.